The zero-order valence-electron chi connectivity index (χ0n) is 11.4. The van der Waals surface area contributed by atoms with Crippen LogP contribution in [-0.4, -0.2) is 23.3 Å². The summed E-state index contributed by atoms with van der Waals surface area (Å²) in [4.78, 5) is 0. The van der Waals surface area contributed by atoms with E-state index in [0.717, 1.165) is 35.9 Å². The fraction of sp³-hybridized carbons (Fsp3) is 0.333. The minimum Gasteiger partial charge on any atom is -0.317 e. The van der Waals surface area contributed by atoms with Gasteiger partial charge in [-0.1, -0.05) is 36.5 Å². The van der Waals surface area contributed by atoms with Crippen LogP contribution in [0, 0.1) is 0 Å². The van der Waals surface area contributed by atoms with E-state index in [4.69, 9.17) is 0 Å². The normalized spacial score (nSPS) is 11.2. The maximum Gasteiger partial charge on any atom is 0.149 e. The lowest BCUT2D eigenvalue weighted by atomic mass is 10.2. The van der Waals surface area contributed by atoms with Crippen LogP contribution in [0.15, 0.2) is 29.6 Å². The molecule has 1 N–H and O–H groups in total. The van der Waals surface area contributed by atoms with Crippen molar-refractivity contribution in [2.45, 2.75) is 19.8 Å². The van der Waals surface area contributed by atoms with Gasteiger partial charge in [-0.05, 0) is 25.6 Å². The van der Waals surface area contributed by atoms with Crippen LogP contribution in [0.25, 0.3) is 20.7 Å². The molecule has 0 fully saturated rings. The fourth-order valence-electron chi connectivity index (χ4n) is 2.15. The van der Waals surface area contributed by atoms with Crippen LogP contribution in [0.1, 0.15) is 18.4 Å². The number of hydrogen-bond acceptors (Lipinski definition) is 5. The lowest BCUT2D eigenvalue weighted by Crippen LogP contribution is -2.14. The Morgan fingerprint density at radius 3 is 3.00 bits per heavy atom. The molecule has 3 nitrogen and oxygen atoms in total. The molecule has 2 heterocycles. The van der Waals surface area contributed by atoms with Gasteiger partial charge in [0.25, 0.3) is 0 Å². The Hall–Kier alpha value is -1.30. The first-order chi connectivity index (χ1) is 9.88. The van der Waals surface area contributed by atoms with E-state index >= 15 is 0 Å². The predicted molar refractivity (Wildman–Crippen MR) is 87.6 cm³/mol. The molecule has 2 aromatic heterocycles. The largest absolute Gasteiger partial charge is 0.317 e. The monoisotopic (exact) mass is 303 g/mol. The van der Waals surface area contributed by atoms with Crippen LogP contribution < -0.4 is 5.32 Å². The van der Waals surface area contributed by atoms with Crippen molar-refractivity contribution in [3.63, 3.8) is 0 Å². The Labute approximate surface area is 126 Å². The first kappa shape index (κ1) is 13.7. The van der Waals surface area contributed by atoms with Gasteiger partial charge in [0.1, 0.15) is 10.0 Å². The van der Waals surface area contributed by atoms with Gasteiger partial charge in [-0.2, -0.15) is 0 Å². The van der Waals surface area contributed by atoms with Crippen molar-refractivity contribution in [3.05, 3.63) is 34.7 Å². The first-order valence-electron chi connectivity index (χ1n) is 6.88. The molecule has 5 heteroatoms. The SMILES string of the molecule is CCNCCCc1nnc(-c2csc3ccccc23)s1. The van der Waals surface area contributed by atoms with E-state index < -0.39 is 0 Å². The molecule has 0 spiro atoms. The minimum atomic E-state index is 1.01. The second-order valence-corrected chi connectivity index (χ2v) is 6.58. The van der Waals surface area contributed by atoms with Gasteiger partial charge in [0, 0.05) is 27.5 Å². The van der Waals surface area contributed by atoms with Crippen LogP contribution in [0.2, 0.25) is 0 Å². The third-order valence-electron chi connectivity index (χ3n) is 3.17. The molecule has 20 heavy (non-hydrogen) atoms. The average molecular weight is 303 g/mol. The highest BCUT2D eigenvalue weighted by molar-refractivity contribution is 7.19. The van der Waals surface area contributed by atoms with E-state index in [1.807, 2.05) is 0 Å². The summed E-state index contributed by atoms with van der Waals surface area (Å²) in [6.07, 6.45) is 2.12. The van der Waals surface area contributed by atoms with Gasteiger partial charge < -0.3 is 5.32 Å². The molecule has 0 aliphatic rings. The van der Waals surface area contributed by atoms with Gasteiger partial charge >= 0.3 is 0 Å². The summed E-state index contributed by atoms with van der Waals surface area (Å²) in [5.74, 6) is 0. The maximum atomic E-state index is 4.36. The number of nitrogens with one attached hydrogen (secondary N) is 1. The second-order valence-electron chi connectivity index (χ2n) is 4.60. The summed E-state index contributed by atoms with van der Waals surface area (Å²) in [6, 6.07) is 8.47. The van der Waals surface area contributed by atoms with Crippen LogP contribution in [0.5, 0.6) is 0 Å². The Balaban J connectivity index is 1.76. The van der Waals surface area contributed by atoms with Crippen molar-refractivity contribution in [1.29, 1.82) is 0 Å². The van der Waals surface area contributed by atoms with Gasteiger partial charge in [-0.25, -0.2) is 0 Å². The van der Waals surface area contributed by atoms with E-state index in [1.54, 1.807) is 22.7 Å². The molecule has 0 bridgehead atoms. The van der Waals surface area contributed by atoms with Gasteiger partial charge in [0.2, 0.25) is 0 Å². The Morgan fingerprint density at radius 1 is 1.20 bits per heavy atom. The molecule has 0 aliphatic carbocycles. The lowest BCUT2D eigenvalue weighted by molar-refractivity contribution is 0.669. The van der Waals surface area contributed by atoms with Gasteiger partial charge in [-0.15, -0.1) is 21.5 Å². The molecule has 104 valence electrons. The number of hydrogen-bond donors (Lipinski definition) is 1. The third kappa shape index (κ3) is 2.90. The van der Waals surface area contributed by atoms with Crippen LogP contribution in [-0.2, 0) is 6.42 Å². The minimum absolute atomic E-state index is 1.01. The van der Waals surface area contributed by atoms with Crippen molar-refractivity contribution in [3.8, 4) is 10.6 Å². The van der Waals surface area contributed by atoms with Crippen molar-refractivity contribution in [2.24, 2.45) is 0 Å². The van der Waals surface area contributed by atoms with E-state index in [-0.39, 0.29) is 0 Å². The molecule has 0 saturated heterocycles. The highest BCUT2D eigenvalue weighted by Crippen LogP contribution is 2.35. The molecule has 0 amide bonds. The number of benzene rings is 1. The first-order valence-corrected chi connectivity index (χ1v) is 8.58. The van der Waals surface area contributed by atoms with Gasteiger partial charge in [0.05, 0.1) is 0 Å². The number of fused-ring (bicyclic) bond motifs is 1. The zero-order chi connectivity index (χ0) is 13.8. The quantitative estimate of drug-likeness (QED) is 0.700. The summed E-state index contributed by atoms with van der Waals surface area (Å²) < 4.78 is 1.31. The number of nitrogens with zero attached hydrogens (tertiary/aromatic N) is 2. The summed E-state index contributed by atoms with van der Waals surface area (Å²) in [7, 11) is 0. The topological polar surface area (TPSA) is 37.8 Å². The predicted octanol–water partition coefficient (Wildman–Crippen LogP) is 3.96. The molecule has 3 rings (SSSR count). The number of aryl methyl sites for hydroxylation is 1. The van der Waals surface area contributed by atoms with Gasteiger partial charge in [0.15, 0.2) is 0 Å². The van der Waals surface area contributed by atoms with E-state index in [1.165, 1.54) is 15.6 Å². The molecule has 1 aromatic carbocycles. The third-order valence-corrected chi connectivity index (χ3v) is 5.15. The molecule has 0 atom stereocenters. The van der Waals surface area contributed by atoms with Crippen molar-refractivity contribution in [1.82, 2.24) is 15.5 Å². The van der Waals surface area contributed by atoms with E-state index in [2.05, 4.69) is 52.1 Å². The van der Waals surface area contributed by atoms with Crippen LogP contribution in [0.4, 0.5) is 0 Å². The fourth-order valence-corrected chi connectivity index (χ4v) is 4.08. The second kappa shape index (κ2) is 6.43. The van der Waals surface area contributed by atoms with Crippen molar-refractivity contribution in [2.75, 3.05) is 13.1 Å². The van der Waals surface area contributed by atoms with E-state index in [0.29, 0.717) is 0 Å². The van der Waals surface area contributed by atoms with Crippen molar-refractivity contribution < 1.29 is 0 Å². The highest BCUT2D eigenvalue weighted by atomic mass is 32.1. The smallest absolute Gasteiger partial charge is 0.149 e. The molecular weight excluding hydrogens is 286 g/mol. The molecule has 0 unspecified atom stereocenters. The summed E-state index contributed by atoms with van der Waals surface area (Å²) in [5, 5.41) is 17.7. The Bertz CT molecular complexity index is 687. The summed E-state index contributed by atoms with van der Waals surface area (Å²) in [6.45, 7) is 4.21. The molecular formula is C15H17N3S2. The average Bonchev–Trinajstić information content (AvgIpc) is 3.10. The standard InChI is InChI=1S/C15H17N3S2/c1-2-16-9-5-8-14-17-18-15(20-14)12-10-19-13-7-4-3-6-11(12)13/h3-4,6-7,10,16H,2,5,8-9H2,1H3. The number of aromatic nitrogens is 2. The molecule has 0 radical (unpaired) electrons. The Morgan fingerprint density at radius 2 is 2.10 bits per heavy atom. The molecule has 0 aliphatic heterocycles. The van der Waals surface area contributed by atoms with Crippen LogP contribution in [0.3, 0.4) is 0 Å². The zero-order valence-corrected chi connectivity index (χ0v) is 13.1. The number of thiophene rings is 1. The van der Waals surface area contributed by atoms with Gasteiger partial charge in [-0.3, -0.25) is 0 Å². The lowest BCUT2D eigenvalue weighted by Gasteiger charge is -1.97. The maximum absolute atomic E-state index is 4.36. The molecule has 3 aromatic rings. The van der Waals surface area contributed by atoms with Crippen molar-refractivity contribution >= 4 is 32.8 Å². The van der Waals surface area contributed by atoms with Crippen LogP contribution >= 0.6 is 22.7 Å². The molecule has 0 saturated carbocycles. The highest BCUT2D eigenvalue weighted by Gasteiger charge is 2.11. The van der Waals surface area contributed by atoms with E-state index in [9.17, 15) is 0 Å². The number of rotatable bonds is 6. The summed E-state index contributed by atoms with van der Waals surface area (Å²) >= 11 is 3.49. The Kier molecular flexibility index (Phi) is 4.40. The summed E-state index contributed by atoms with van der Waals surface area (Å²) in [5.41, 5.74) is 1.22.